The van der Waals surface area contributed by atoms with Crippen molar-refractivity contribution in [3.8, 4) is 0 Å². The van der Waals surface area contributed by atoms with E-state index < -0.39 is 5.97 Å². The predicted molar refractivity (Wildman–Crippen MR) is 79.2 cm³/mol. The zero-order valence-corrected chi connectivity index (χ0v) is 12.1. The molecule has 0 aliphatic rings. The van der Waals surface area contributed by atoms with E-state index >= 15 is 0 Å². The topological polar surface area (TPSA) is 69.6 Å². The number of amides is 2. The Morgan fingerprint density at radius 3 is 2.50 bits per heavy atom. The number of carboxylic acid groups (broad SMARTS) is 1. The first-order valence-electron chi connectivity index (χ1n) is 6.39. The molecule has 0 unspecified atom stereocenters. The largest absolute Gasteiger partial charge is 0.478 e. The molecule has 0 fully saturated rings. The van der Waals surface area contributed by atoms with Gasteiger partial charge in [0.15, 0.2) is 0 Å². The van der Waals surface area contributed by atoms with Gasteiger partial charge >= 0.3 is 12.0 Å². The zero-order chi connectivity index (χ0) is 15.3. The summed E-state index contributed by atoms with van der Waals surface area (Å²) < 4.78 is 0. The molecule has 0 aliphatic heterocycles. The molecule has 0 bridgehead atoms. The molecule has 5 nitrogen and oxygen atoms in total. The number of carboxylic acids is 1. The van der Waals surface area contributed by atoms with Crippen LogP contribution in [0, 0.1) is 6.92 Å². The molecule has 1 aromatic carbocycles. The van der Waals surface area contributed by atoms with Crippen LogP contribution in [0.3, 0.4) is 0 Å². The molecule has 0 radical (unpaired) electrons. The van der Waals surface area contributed by atoms with Crippen LogP contribution in [-0.4, -0.2) is 35.1 Å². The molecule has 20 heavy (non-hydrogen) atoms. The predicted octanol–water partition coefficient (Wildman–Crippen LogP) is 3.12. The van der Waals surface area contributed by atoms with Crippen LogP contribution in [0.2, 0.25) is 0 Å². The van der Waals surface area contributed by atoms with E-state index in [0.29, 0.717) is 24.3 Å². The van der Waals surface area contributed by atoms with Crippen molar-refractivity contribution in [1.29, 1.82) is 0 Å². The molecule has 0 atom stereocenters. The quantitative estimate of drug-likeness (QED) is 0.812. The van der Waals surface area contributed by atoms with Gasteiger partial charge in [-0.25, -0.2) is 9.59 Å². The van der Waals surface area contributed by atoms with Gasteiger partial charge in [0.25, 0.3) is 0 Å². The SMILES string of the molecule is C=C(C)CN(CC)C(=O)Nc1ccc(C(=O)O)cc1C. The Kier molecular flexibility index (Phi) is 5.32. The number of carbonyl (C=O) groups excluding carboxylic acids is 1. The summed E-state index contributed by atoms with van der Waals surface area (Å²) in [5.41, 5.74) is 2.43. The van der Waals surface area contributed by atoms with Crippen LogP contribution in [0.1, 0.15) is 29.8 Å². The Morgan fingerprint density at radius 2 is 2.05 bits per heavy atom. The van der Waals surface area contributed by atoms with Gasteiger partial charge in [-0.1, -0.05) is 12.2 Å². The molecular weight excluding hydrogens is 256 g/mol. The summed E-state index contributed by atoms with van der Waals surface area (Å²) >= 11 is 0. The highest BCUT2D eigenvalue weighted by atomic mass is 16.4. The third-order valence-corrected chi connectivity index (χ3v) is 2.84. The number of carbonyl (C=O) groups is 2. The molecule has 2 amide bonds. The number of aromatic carboxylic acids is 1. The Balaban J connectivity index is 2.84. The molecule has 0 heterocycles. The first-order valence-corrected chi connectivity index (χ1v) is 6.39. The number of rotatable bonds is 5. The molecule has 1 rings (SSSR count). The molecule has 5 heteroatoms. The molecule has 0 spiro atoms. The fourth-order valence-corrected chi connectivity index (χ4v) is 1.78. The Hall–Kier alpha value is -2.30. The van der Waals surface area contributed by atoms with Gasteiger partial charge in [-0.3, -0.25) is 0 Å². The number of hydrogen-bond acceptors (Lipinski definition) is 2. The van der Waals surface area contributed by atoms with E-state index in [4.69, 9.17) is 5.11 Å². The van der Waals surface area contributed by atoms with Gasteiger partial charge in [0.1, 0.15) is 0 Å². The summed E-state index contributed by atoms with van der Waals surface area (Å²) in [7, 11) is 0. The third-order valence-electron chi connectivity index (χ3n) is 2.84. The van der Waals surface area contributed by atoms with Crippen LogP contribution in [-0.2, 0) is 0 Å². The van der Waals surface area contributed by atoms with Gasteiger partial charge < -0.3 is 15.3 Å². The summed E-state index contributed by atoms with van der Waals surface area (Å²) in [6, 6.07) is 4.39. The van der Waals surface area contributed by atoms with Crippen LogP contribution >= 0.6 is 0 Å². The van der Waals surface area contributed by atoms with Crippen LogP contribution in [0.15, 0.2) is 30.4 Å². The Labute approximate surface area is 118 Å². The van der Waals surface area contributed by atoms with Crippen molar-refractivity contribution < 1.29 is 14.7 Å². The van der Waals surface area contributed by atoms with Gasteiger partial charge in [0, 0.05) is 18.8 Å². The Bertz CT molecular complexity index is 538. The van der Waals surface area contributed by atoms with Crippen molar-refractivity contribution in [2.45, 2.75) is 20.8 Å². The monoisotopic (exact) mass is 276 g/mol. The number of anilines is 1. The highest BCUT2D eigenvalue weighted by molar-refractivity contribution is 5.92. The highest BCUT2D eigenvalue weighted by Gasteiger charge is 2.13. The molecule has 0 aromatic heterocycles. The van der Waals surface area contributed by atoms with Crippen molar-refractivity contribution in [1.82, 2.24) is 4.90 Å². The molecule has 0 saturated heterocycles. The van der Waals surface area contributed by atoms with E-state index in [1.807, 2.05) is 13.8 Å². The van der Waals surface area contributed by atoms with Crippen LogP contribution in [0.4, 0.5) is 10.5 Å². The molecule has 2 N–H and O–H groups in total. The minimum absolute atomic E-state index is 0.204. The minimum atomic E-state index is -0.983. The zero-order valence-electron chi connectivity index (χ0n) is 12.1. The van der Waals surface area contributed by atoms with Crippen molar-refractivity contribution in [2.24, 2.45) is 0 Å². The highest BCUT2D eigenvalue weighted by Crippen LogP contribution is 2.17. The summed E-state index contributed by atoms with van der Waals surface area (Å²) in [6.07, 6.45) is 0. The standard InChI is InChI=1S/C15H20N2O3/c1-5-17(9-10(2)3)15(20)16-13-7-6-12(14(18)19)8-11(13)4/h6-8H,2,5,9H2,1,3-4H3,(H,16,20)(H,18,19). The lowest BCUT2D eigenvalue weighted by atomic mass is 10.1. The van der Waals surface area contributed by atoms with E-state index in [9.17, 15) is 9.59 Å². The average molecular weight is 276 g/mol. The van der Waals surface area contributed by atoms with Crippen LogP contribution in [0.25, 0.3) is 0 Å². The average Bonchev–Trinajstić information content (AvgIpc) is 2.37. The molecular formula is C15H20N2O3. The molecule has 108 valence electrons. The lowest BCUT2D eigenvalue weighted by molar-refractivity contribution is 0.0697. The number of nitrogens with one attached hydrogen (secondary N) is 1. The van der Waals surface area contributed by atoms with E-state index in [0.717, 1.165) is 5.57 Å². The Morgan fingerprint density at radius 1 is 1.40 bits per heavy atom. The van der Waals surface area contributed by atoms with Crippen molar-refractivity contribution >= 4 is 17.7 Å². The summed E-state index contributed by atoms with van der Waals surface area (Å²) in [5, 5.41) is 11.7. The van der Waals surface area contributed by atoms with Gasteiger partial charge in [-0.15, -0.1) is 0 Å². The van der Waals surface area contributed by atoms with Crippen molar-refractivity contribution in [3.05, 3.63) is 41.5 Å². The second-order valence-electron chi connectivity index (χ2n) is 4.74. The first-order chi connectivity index (χ1) is 9.35. The first kappa shape index (κ1) is 15.8. The summed E-state index contributed by atoms with van der Waals surface area (Å²) in [6.45, 7) is 10.4. The summed E-state index contributed by atoms with van der Waals surface area (Å²) in [4.78, 5) is 24.6. The number of aryl methyl sites for hydroxylation is 1. The maximum absolute atomic E-state index is 12.1. The van der Waals surface area contributed by atoms with Crippen LogP contribution < -0.4 is 5.32 Å². The number of hydrogen-bond donors (Lipinski definition) is 2. The maximum Gasteiger partial charge on any atom is 0.335 e. The second kappa shape index (κ2) is 6.75. The van der Waals surface area contributed by atoms with Gasteiger partial charge in [0.05, 0.1) is 5.56 Å². The maximum atomic E-state index is 12.1. The molecule has 0 aliphatic carbocycles. The number of nitrogens with zero attached hydrogens (tertiary/aromatic N) is 1. The van der Waals surface area contributed by atoms with Gasteiger partial charge in [-0.05, 0) is 44.5 Å². The van der Waals surface area contributed by atoms with E-state index in [-0.39, 0.29) is 11.6 Å². The van der Waals surface area contributed by atoms with Gasteiger partial charge in [0.2, 0.25) is 0 Å². The third kappa shape index (κ3) is 4.12. The second-order valence-corrected chi connectivity index (χ2v) is 4.74. The normalized spacial score (nSPS) is 9.95. The van der Waals surface area contributed by atoms with Crippen molar-refractivity contribution in [3.63, 3.8) is 0 Å². The molecule has 0 saturated carbocycles. The molecule has 1 aromatic rings. The van der Waals surface area contributed by atoms with Gasteiger partial charge in [-0.2, -0.15) is 0 Å². The number of benzene rings is 1. The van der Waals surface area contributed by atoms with E-state index in [1.165, 1.54) is 12.1 Å². The summed E-state index contributed by atoms with van der Waals surface area (Å²) in [5.74, 6) is -0.983. The minimum Gasteiger partial charge on any atom is -0.478 e. The lowest BCUT2D eigenvalue weighted by Gasteiger charge is -2.22. The van der Waals surface area contributed by atoms with Crippen molar-refractivity contribution in [2.75, 3.05) is 18.4 Å². The van der Waals surface area contributed by atoms with E-state index in [2.05, 4.69) is 11.9 Å². The number of likely N-dealkylation sites (N-methyl/N-ethyl adjacent to an activating group) is 1. The number of urea groups is 1. The van der Waals surface area contributed by atoms with Crippen LogP contribution in [0.5, 0.6) is 0 Å². The fourth-order valence-electron chi connectivity index (χ4n) is 1.78. The lowest BCUT2D eigenvalue weighted by Crippen LogP contribution is -2.36. The van der Waals surface area contributed by atoms with E-state index in [1.54, 1.807) is 17.9 Å². The fraction of sp³-hybridized carbons (Fsp3) is 0.333. The smallest absolute Gasteiger partial charge is 0.335 e.